The molecule has 0 amide bonds. The van der Waals surface area contributed by atoms with Crippen LogP contribution in [0.4, 0.5) is 0 Å². The highest BCUT2D eigenvalue weighted by Gasteiger charge is 2.19. The molecule has 0 radical (unpaired) electrons. The molecule has 2 aliphatic rings. The molecule has 120 valence electrons. The highest BCUT2D eigenvalue weighted by atomic mass is 16.5. The van der Waals surface area contributed by atoms with Crippen molar-refractivity contribution in [2.45, 2.75) is 45.4 Å². The molecular formula is C18H27N3O. The topological polar surface area (TPSA) is 39.4 Å². The molecule has 22 heavy (non-hydrogen) atoms. The summed E-state index contributed by atoms with van der Waals surface area (Å²) in [7, 11) is 2.05. The Balaban J connectivity index is 1.86. The van der Waals surface area contributed by atoms with Crippen molar-refractivity contribution < 1.29 is 4.74 Å². The maximum Gasteiger partial charge on any atom is 0.0687 e. The van der Waals surface area contributed by atoms with Crippen LogP contribution in [-0.4, -0.2) is 35.3 Å². The lowest BCUT2D eigenvalue weighted by molar-refractivity contribution is 0.0689. The second-order valence-corrected chi connectivity index (χ2v) is 6.44. The maximum absolute atomic E-state index is 5.45. The van der Waals surface area contributed by atoms with Crippen LogP contribution >= 0.6 is 0 Å². The Labute approximate surface area is 133 Å². The largest absolute Gasteiger partial charge is 0.381 e. The highest BCUT2D eigenvalue weighted by Crippen LogP contribution is 2.22. The number of ether oxygens (including phenoxy) is 1. The lowest BCUT2D eigenvalue weighted by Gasteiger charge is -2.20. The van der Waals surface area contributed by atoms with Gasteiger partial charge in [-0.15, -0.1) is 0 Å². The first-order chi connectivity index (χ1) is 10.8. The van der Waals surface area contributed by atoms with E-state index in [-0.39, 0.29) is 0 Å². The van der Waals surface area contributed by atoms with E-state index in [1.165, 1.54) is 23.4 Å². The quantitative estimate of drug-likeness (QED) is 0.787. The van der Waals surface area contributed by atoms with E-state index in [1.54, 1.807) is 0 Å². The minimum Gasteiger partial charge on any atom is -0.381 e. The predicted molar refractivity (Wildman–Crippen MR) is 89.6 cm³/mol. The van der Waals surface area contributed by atoms with Crippen LogP contribution in [0.15, 0.2) is 17.1 Å². The summed E-state index contributed by atoms with van der Waals surface area (Å²) in [5.74, 6) is 0.687. The summed E-state index contributed by atoms with van der Waals surface area (Å²) in [6.45, 7) is 4.86. The van der Waals surface area contributed by atoms with Gasteiger partial charge in [0, 0.05) is 44.5 Å². The van der Waals surface area contributed by atoms with Crippen molar-refractivity contribution in [3.63, 3.8) is 0 Å². The molecule has 4 heteroatoms. The number of rotatable bonds is 2. The number of aliphatic imine (C=N–C) groups is 1. The second kappa shape index (κ2) is 7.23. The molecule has 0 saturated carbocycles. The van der Waals surface area contributed by atoms with Gasteiger partial charge in [0.2, 0.25) is 0 Å². The zero-order chi connectivity index (χ0) is 15.4. The molecule has 4 nitrogen and oxygen atoms in total. The molecule has 0 aromatic carbocycles. The lowest BCUT2D eigenvalue weighted by atomic mass is 9.99. The number of aryl methyl sites for hydroxylation is 2. The molecule has 2 heterocycles. The van der Waals surface area contributed by atoms with Crippen LogP contribution in [0.5, 0.6) is 0 Å². The molecule has 3 rings (SSSR count). The Kier molecular flexibility index (Phi) is 5.08. The maximum atomic E-state index is 5.45. The number of aromatic nitrogens is 2. The van der Waals surface area contributed by atoms with Gasteiger partial charge < -0.3 is 4.74 Å². The van der Waals surface area contributed by atoms with Gasteiger partial charge in [0.05, 0.1) is 11.4 Å². The first kappa shape index (κ1) is 15.5. The standard InChI is InChI=1S/C18H27N3O/c1-14-18-16(19-13-15-9-11-22-12-10-15)7-5-3-4-6-8-17(18)21(2)20-14/h4,6,15H,3,5,7-13H2,1-2H3. The van der Waals surface area contributed by atoms with Gasteiger partial charge in [0.25, 0.3) is 0 Å². The monoisotopic (exact) mass is 301 g/mol. The van der Waals surface area contributed by atoms with Crippen LogP contribution in [0.2, 0.25) is 0 Å². The molecule has 0 unspecified atom stereocenters. The van der Waals surface area contributed by atoms with Gasteiger partial charge in [0.1, 0.15) is 0 Å². The Morgan fingerprint density at radius 1 is 1.32 bits per heavy atom. The van der Waals surface area contributed by atoms with Gasteiger partial charge >= 0.3 is 0 Å². The van der Waals surface area contributed by atoms with Crippen LogP contribution in [0.3, 0.4) is 0 Å². The van der Waals surface area contributed by atoms with Crippen LogP contribution in [0, 0.1) is 12.8 Å². The zero-order valence-corrected chi connectivity index (χ0v) is 13.8. The van der Waals surface area contributed by atoms with E-state index in [0.717, 1.165) is 57.6 Å². The number of hydrogen-bond donors (Lipinski definition) is 0. The van der Waals surface area contributed by atoms with E-state index in [9.17, 15) is 0 Å². The Morgan fingerprint density at radius 3 is 2.95 bits per heavy atom. The molecule has 0 atom stereocenters. The van der Waals surface area contributed by atoms with Crippen molar-refractivity contribution in [2.75, 3.05) is 19.8 Å². The predicted octanol–water partition coefficient (Wildman–Crippen LogP) is 3.23. The molecule has 0 N–H and O–H groups in total. The van der Waals surface area contributed by atoms with Gasteiger partial charge in [-0.05, 0) is 44.9 Å². The Bertz CT molecular complexity index is 565. The fourth-order valence-corrected chi connectivity index (χ4v) is 3.47. The van der Waals surface area contributed by atoms with E-state index < -0.39 is 0 Å². The molecular weight excluding hydrogens is 274 g/mol. The summed E-state index contributed by atoms with van der Waals surface area (Å²) in [6, 6.07) is 0. The number of nitrogens with zero attached hydrogens (tertiary/aromatic N) is 3. The summed E-state index contributed by atoms with van der Waals surface area (Å²) < 4.78 is 7.49. The van der Waals surface area contributed by atoms with Crippen molar-refractivity contribution in [1.29, 1.82) is 0 Å². The minimum absolute atomic E-state index is 0.687. The number of fused-ring (bicyclic) bond motifs is 1. The van der Waals surface area contributed by atoms with Crippen molar-refractivity contribution in [3.05, 3.63) is 29.1 Å². The Hall–Kier alpha value is -1.42. The zero-order valence-electron chi connectivity index (χ0n) is 13.8. The molecule has 0 bridgehead atoms. The number of allylic oxidation sites excluding steroid dienone is 2. The summed E-state index contributed by atoms with van der Waals surface area (Å²) >= 11 is 0. The van der Waals surface area contributed by atoms with Gasteiger partial charge in [-0.1, -0.05) is 12.2 Å². The molecule has 1 fully saturated rings. The van der Waals surface area contributed by atoms with E-state index >= 15 is 0 Å². The molecule has 1 saturated heterocycles. The van der Waals surface area contributed by atoms with Gasteiger partial charge in [-0.25, -0.2) is 0 Å². The SMILES string of the molecule is Cc1nn(C)c2c1C(=NCC1CCOCC1)CCCC=CC2. The molecule has 1 aliphatic heterocycles. The van der Waals surface area contributed by atoms with Crippen molar-refractivity contribution >= 4 is 5.71 Å². The van der Waals surface area contributed by atoms with Crippen LogP contribution in [-0.2, 0) is 18.2 Å². The third kappa shape index (κ3) is 3.49. The molecule has 0 spiro atoms. The van der Waals surface area contributed by atoms with E-state index in [4.69, 9.17) is 9.73 Å². The van der Waals surface area contributed by atoms with Crippen molar-refractivity contribution in [2.24, 2.45) is 18.0 Å². The summed E-state index contributed by atoms with van der Waals surface area (Å²) in [6.07, 6.45) is 11.2. The smallest absolute Gasteiger partial charge is 0.0687 e. The van der Waals surface area contributed by atoms with Gasteiger partial charge in [-0.3, -0.25) is 9.67 Å². The molecule has 1 aromatic rings. The van der Waals surface area contributed by atoms with Gasteiger partial charge in [0.15, 0.2) is 0 Å². The molecule has 1 aliphatic carbocycles. The average molecular weight is 301 g/mol. The first-order valence-corrected chi connectivity index (χ1v) is 8.54. The fraction of sp³-hybridized carbons (Fsp3) is 0.667. The summed E-state index contributed by atoms with van der Waals surface area (Å²) in [5.41, 5.74) is 5.01. The normalized spacial score (nSPS) is 22.2. The minimum atomic E-state index is 0.687. The summed E-state index contributed by atoms with van der Waals surface area (Å²) in [4.78, 5) is 5.05. The first-order valence-electron chi connectivity index (χ1n) is 8.54. The molecule has 1 aromatic heterocycles. The van der Waals surface area contributed by atoms with E-state index in [2.05, 4.69) is 24.2 Å². The van der Waals surface area contributed by atoms with Crippen LogP contribution < -0.4 is 0 Å². The average Bonchev–Trinajstić information content (AvgIpc) is 2.86. The lowest BCUT2D eigenvalue weighted by Crippen LogP contribution is -2.19. The summed E-state index contributed by atoms with van der Waals surface area (Å²) in [5, 5.41) is 4.63. The highest BCUT2D eigenvalue weighted by molar-refractivity contribution is 6.02. The van der Waals surface area contributed by atoms with Gasteiger partial charge in [-0.2, -0.15) is 5.10 Å². The number of hydrogen-bond acceptors (Lipinski definition) is 3. The third-order valence-corrected chi connectivity index (χ3v) is 4.77. The fourth-order valence-electron chi connectivity index (χ4n) is 3.47. The van der Waals surface area contributed by atoms with Crippen molar-refractivity contribution in [1.82, 2.24) is 9.78 Å². The van der Waals surface area contributed by atoms with Crippen molar-refractivity contribution in [3.8, 4) is 0 Å². The third-order valence-electron chi connectivity index (χ3n) is 4.77. The van der Waals surface area contributed by atoms with Crippen LogP contribution in [0.1, 0.15) is 49.1 Å². The second-order valence-electron chi connectivity index (χ2n) is 6.44. The van der Waals surface area contributed by atoms with E-state index in [1.807, 2.05) is 11.7 Å². The van der Waals surface area contributed by atoms with E-state index in [0.29, 0.717) is 5.92 Å². The Morgan fingerprint density at radius 2 is 2.14 bits per heavy atom. The van der Waals surface area contributed by atoms with Crippen LogP contribution in [0.25, 0.3) is 0 Å².